The van der Waals surface area contributed by atoms with Crippen LogP contribution in [0.5, 0.6) is 0 Å². The highest BCUT2D eigenvalue weighted by Crippen LogP contribution is 2.28. The summed E-state index contributed by atoms with van der Waals surface area (Å²) in [6.45, 7) is 4.75. The topological polar surface area (TPSA) is 54.0 Å². The molecule has 0 aromatic carbocycles. The van der Waals surface area contributed by atoms with Crippen molar-refractivity contribution in [3.05, 3.63) is 21.3 Å². The van der Waals surface area contributed by atoms with E-state index in [1.165, 1.54) is 6.07 Å². The molecule has 0 saturated carbocycles. The summed E-state index contributed by atoms with van der Waals surface area (Å²) in [5.41, 5.74) is 0. The molecule has 0 atom stereocenters. The Morgan fingerprint density at radius 3 is 2.61 bits per heavy atom. The highest BCUT2D eigenvalue weighted by atomic mass is 35.5. The summed E-state index contributed by atoms with van der Waals surface area (Å²) < 4.78 is 0. The van der Waals surface area contributed by atoms with E-state index in [1.807, 2.05) is 13.8 Å². The normalized spacial score (nSPS) is 10.6. The fourth-order valence-electron chi connectivity index (χ4n) is 1.11. The standard InChI is InChI=1S/C11H14Cl3N3O/c1-6(2)4-15-9(18)5-16-11-8(13)3-7(12)10(14)17-11/h3,6H,4-5H2,1-2H3,(H,15,18)(H,16,17). The predicted octanol–water partition coefficient (Wildman–Crippen LogP) is 3.23. The van der Waals surface area contributed by atoms with Gasteiger partial charge in [-0.1, -0.05) is 48.7 Å². The van der Waals surface area contributed by atoms with E-state index in [9.17, 15) is 4.79 Å². The van der Waals surface area contributed by atoms with Crippen LogP contribution in [-0.2, 0) is 4.79 Å². The lowest BCUT2D eigenvalue weighted by Crippen LogP contribution is -2.32. The molecule has 0 bridgehead atoms. The van der Waals surface area contributed by atoms with E-state index in [-0.39, 0.29) is 22.6 Å². The Hall–Kier alpha value is -0.710. The molecule has 0 saturated heterocycles. The van der Waals surface area contributed by atoms with Gasteiger partial charge in [0.15, 0.2) is 0 Å². The van der Waals surface area contributed by atoms with Crippen molar-refractivity contribution < 1.29 is 4.79 Å². The Bertz CT molecular complexity index is 438. The van der Waals surface area contributed by atoms with Gasteiger partial charge in [-0.15, -0.1) is 0 Å². The number of anilines is 1. The number of hydrogen-bond donors (Lipinski definition) is 2. The number of pyridine rings is 1. The molecular formula is C11H14Cl3N3O. The number of carbonyl (C=O) groups is 1. The third-order valence-corrected chi connectivity index (χ3v) is 2.97. The van der Waals surface area contributed by atoms with Crippen molar-refractivity contribution in [2.75, 3.05) is 18.4 Å². The minimum Gasteiger partial charge on any atom is -0.360 e. The average molecular weight is 311 g/mol. The van der Waals surface area contributed by atoms with Crippen molar-refractivity contribution in [1.82, 2.24) is 10.3 Å². The first-order chi connectivity index (χ1) is 8.40. The lowest BCUT2D eigenvalue weighted by Gasteiger charge is -2.10. The first-order valence-corrected chi connectivity index (χ1v) is 6.55. The van der Waals surface area contributed by atoms with Gasteiger partial charge >= 0.3 is 0 Å². The largest absolute Gasteiger partial charge is 0.360 e. The van der Waals surface area contributed by atoms with Crippen molar-refractivity contribution in [1.29, 1.82) is 0 Å². The zero-order chi connectivity index (χ0) is 13.7. The van der Waals surface area contributed by atoms with Crippen LogP contribution in [0.4, 0.5) is 5.82 Å². The van der Waals surface area contributed by atoms with Gasteiger partial charge in [0, 0.05) is 6.54 Å². The summed E-state index contributed by atoms with van der Waals surface area (Å²) >= 11 is 17.4. The van der Waals surface area contributed by atoms with Crippen LogP contribution in [0.3, 0.4) is 0 Å². The Kier molecular flexibility index (Phi) is 5.99. The third-order valence-electron chi connectivity index (χ3n) is 2.01. The first kappa shape index (κ1) is 15.3. The van der Waals surface area contributed by atoms with E-state index in [2.05, 4.69) is 15.6 Å². The zero-order valence-electron chi connectivity index (χ0n) is 10.1. The summed E-state index contributed by atoms with van der Waals surface area (Å²) in [4.78, 5) is 15.4. The van der Waals surface area contributed by atoms with Crippen LogP contribution in [-0.4, -0.2) is 24.0 Å². The van der Waals surface area contributed by atoms with Crippen molar-refractivity contribution in [2.24, 2.45) is 5.92 Å². The maximum atomic E-state index is 11.5. The van der Waals surface area contributed by atoms with Crippen molar-refractivity contribution in [2.45, 2.75) is 13.8 Å². The monoisotopic (exact) mass is 309 g/mol. The molecule has 1 heterocycles. The Morgan fingerprint density at radius 1 is 1.33 bits per heavy atom. The van der Waals surface area contributed by atoms with Crippen molar-refractivity contribution >= 4 is 46.5 Å². The molecule has 0 spiro atoms. The summed E-state index contributed by atoms with van der Waals surface area (Å²) in [5.74, 6) is 0.610. The van der Waals surface area contributed by atoms with E-state index in [0.717, 1.165) is 0 Å². The fraction of sp³-hybridized carbons (Fsp3) is 0.455. The second kappa shape index (κ2) is 7.02. The van der Waals surface area contributed by atoms with Crippen LogP contribution >= 0.6 is 34.8 Å². The third kappa shape index (κ3) is 4.88. The van der Waals surface area contributed by atoms with E-state index in [0.29, 0.717) is 23.3 Å². The number of aromatic nitrogens is 1. The second-order valence-electron chi connectivity index (χ2n) is 4.14. The highest BCUT2D eigenvalue weighted by molar-refractivity contribution is 6.42. The summed E-state index contributed by atoms with van der Waals surface area (Å²) in [5, 5.41) is 6.31. The molecule has 1 rings (SSSR count). The van der Waals surface area contributed by atoms with Crippen LogP contribution < -0.4 is 10.6 Å². The quantitative estimate of drug-likeness (QED) is 0.821. The molecule has 0 radical (unpaired) electrons. The number of carbonyl (C=O) groups excluding carboxylic acids is 1. The van der Waals surface area contributed by atoms with Gasteiger partial charge in [0.2, 0.25) is 5.91 Å². The molecular weight excluding hydrogens is 296 g/mol. The van der Waals surface area contributed by atoms with E-state index in [1.54, 1.807) is 0 Å². The number of hydrogen-bond acceptors (Lipinski definition) is 3. The molecule has 0 aliphatic heterocycles. The number of amides is 1. The number of nitrogens with one attached hydrogen (secondary N) is 2. The maximum Gasteiger partial charge on any atom is 0.239 e. The van der Waals surface area contributed by atoms with Gasteiger partial charge in [0.25, 0.3) is 0 Å². The Balaban J connectivity index is 2.53. The predicted molar refractivity (Wildman–Crippen MR) is 75.6 cm³/mol. The van der Waals surface area contributed by atoms with Crippen LogP contribution in [0.1, 0.15) is 13.8 Å². The SMILES string of the molecule is CC(C)CNC(=O)CNc1nc(Cl)c(Cl)cc1Cl. The molecule has 1 aromatic rings. The Morgan fingerprint density at radius 2 is 2.00 bits per heavy atom. The molecule has 100 valence electrons. The average Bonchev–Trinajstić information content (AvgIpc) is 2.29. The summed E-state index contributed by atoms with van der Waals surface area (Å²) in [6, 6.07) is 1.48. The Labute approximate surface area is 121 Å². The highest BCUT2D eigenvalue weighted by Gasteiger charge is 2.09. The lowest BCUT2D eigenvalue weighted by atomic mass is 10.2. The molecule has 4 nitrogen and oxygen atoms in total. The fourth-order valence-corrected chi connectivity index (χ4v) is 1.68. The molecule has 7 heteroatoms. The van der Waals surface area contributed by atoms with Gasteiger partial charge < -0.3 is 10.6 Å². The maximum absolute atomic E-state index is 11.5. The van der Waals surface area contributed by atoms with Gasteiger partial charge in [0.05, 0.1) is 16.6 Å². The van der Waals surface area contributed by atoms with Crippen LogP contribution in [0, 0.1) is 5.92 Å². The van der Waals surface area contributed by atoms with Crippen molar-refractivity contribution in [3.63, 3.8) is 0 Å². The van der Waals surface area contributed by atoms with Gasteiger partial charge in [-0.05, 0) is 12.0 Å². The van der Waals surface area contributed by atoms with Gasteiger partial charge in [-0.25, -0.2) is 4.98 Å². The van der Waals surface area contributed by atoms with E-state index < -0.39 is 0 Å². The van der Waals surface area contributed by atoms with E-state index in [4.69, 9.17) is 34.8 Å². The molecule has 0 aliphatic carbocycles. The first-order valence-electron chi connectivity index (χ1n) is 5.42. The smallest absolute Gasteiger partial charge is 0.239 e. The zero-order valence-corrected chi connectivity index (χ0v) is 12.3. The van der Waals surface area contributed by atoms with Gasteiger partial charge in [-0.2, -0.15) is 0 Å². The second-order valence-corrected chi connectivity index (χ2v) is 5.32. The number of halogens is 3. The molecule has 18 heavy (non-hydrogen) atoms. The van der Waals surface area contributed by atoms with Gasteiger partial charge in [0.1, 0.15) is 11.0 Å². The summed E-state index contributed by atoms with van der Waals surface area (Å²) in [6.07, 6.45) is 0. The van der Waals surface area contributed by atoms with Crippen LogP contribution in [0.2, 0.25) is 15.2 Å². The van der Waals surface area contributed by atoms with Crippen LogP contribution in [0.15, 0.2) is 6.07 Å². The molecule has 2 N–H and O–H groups in total. The summed E-state index contributed by atoms with van der Waals surface area (Å²) in [7, 11) is 0. The van der Waals surface area contributed by atoms with Gasteiger partial charge in [-0.3, -0.25) is 4.79 Å². The minimum atomic E-state index is -0.132. The van der Waals surface area contributed by atoms with Crippen LogP contribution in [0.25, 0.3) is 0 Å². The molecule has 1 amide bonds. The van der Waals surface area contributed by atoms with Crippen molar-refractivity contribution in [3.8, 4) is 0 Å². The molecule has 0 unspecified atom stereocenters. The molecule has 0 fully saturated rings. The van der Waals surface area contributed by atoms with E-state index >= 15 is 0 Å². The molecule has 1 aromatic heterocycles. The minimum absolute atomic E-state index is 0.0808. The lowest BCUT2D eigenvalue weighted by molar-refractivity contribution is -0.119. The number of nitrogens with zero attached hydrogens (tertiary/aromatic N) is 1. The molecule has 0 aliphatic rings. The number of rotatable bonds is 5.